The zero-order valence-electron chi connectivity index (χ0n) is 22.3. The van der Waals surface area contributed by atoms with Crippen LogP contribution in [-0.4, -0.2) is 89.5 Å². The number of hydrogen-bond donors (Lipinski definition) is 1. The largest absolute Gasteiger partial charge is 0.465 e. The standard InChI is InChI=1S/C28H35N5O5S/c1-5-7-13-38-27(37)22-21-14-17(3)28(39-21)23(22)25(35)33(18(4)15-34)24(28)26(36)31(12-6-2)16-32-20-11-9-8-10-19(20)29-30-32/h5-6,8-11,17-18,21-24,34H,1-2,7,12-16H2,3-4H3/t17?,18-,21-,22+,23+,24?,28?/m1/s1. The fourth-order valence-electron chi connectivity index (χ4n) is 6.64. The summed E-state index contributed by atoms with van der Waals surface area (Å²) in [5.74, 6) is -2.27. The van der Waals surface area contributed by atoms with E-state index in [4.69, 9.17) is 4.74 Å². The maximum absolute atomic E-state index is 14.5. The molecule has 4 heterocycles. The van der Waals surface area contributed by atoms with Crippen LogP contribution in [0.1, 0.15) is 26.7 Å². The third-order valence-electron chi connectivity index (χ3n) is 8.38. The van der Waals surface area contributed by atoms with Crippen molar-refractivity contribution in [2.45, 2.75) is 55.4 Å². The molecule has 3 aliphatic rings. The van der Waals surface area contributed by atoms with Gasteiger partial charge in [-0.3, -0.25) is 14.4 Å². The van der Waals surface area contributed by atoms with Crippen molar-refractivity contribution in [3.63, 3.8) is 0 Å². The highest BCUT2D eigenvalue weighted by atomic mass is 32.2. The number of likely N-dealkylation sites (tertiary alicyclic amines) is 1. The lowest BCUT2D eigenvalue weighted by molar-refractivity contribution is -0.154. The van der Waals surface area contributed by atoms with Crippen LogP contribution in [0.3, 0.4) is 0 Å². The molecule has 2 amide bonds. The highest BCUT2D eigenvalue weighted by Gasteiger charge is 2.77. The molecule has 2 aromatic rings. The van der Waals surface area contributed by atoms with Gasteiger partial charge in [0.1, 0.15) is 18.2 Å². The summed E-state index contributed by atoms with van der Waals surface area (Å²) in [6.45, 7) is 11.6. The van der Waals surface area contributed by atoms with Crippen molar-refractivity contribution in [3.05, 3.63) is 49.6 Å². The Balaban J connectivity index is 1.53. The zero-order valence-corrected chi connectivity index (χ0v) is 23.1. The Morgan fingerprint density at radius 2 is 2.10 bits per heavy atom. The molecule has 3 fully saturated rings. The molecule has 11 heteroatoms. The van der Waals surface area contributed by atoms with Crippen LogP contribution in [0.5, 0.6) is 0 Å². The van der Waals surface area contributed by atoms with Gasteiger partial charge in [0.05, 0.1) is 41.4 Å². The van der Waals surface area contributed by atoms with Crippen molar-refractivity contribution in [1.82, 2.24) is 24.8 Å². The van der Waals surface area contributed by atoms with Crippen molar-refractivity contribution in [2.75, 3.05) is 19.8 Å². The van der Waals surface area contributed by atoms with Crippen LogP contribution >= 0.6 is 11.8 Å². The molecule has 3 aliphatic heterocycles. The number of aliphatic hydroxyl groups excluding tert-OH is 1. The topological polar surface area (TPSA) is 118 Å². The Morgan fingerprint density at radius 3 is 2.82 bits per heavy atom. The van der Waals surface area contributed by atoms with E-state index in [2.05, 4.69) is 30.4 Å². The first-order valence-corrected chi connectivity index (χ1v) is 14.2. The van der Waals surface area contributed by atoms with E-state index < -0.39 is 34.6 Å². The van der Waals surface area contributed by atoms with Crippen molar-refractivity contribution in [1.29, 1.82) is 0 Å². The second-order valence-corrected chi connectivity index (χ2v) is 12.2. The maximum Gasteiger partial charge on any atom is 0.310 e. The zero-order chi connectivity index (χ0) is 27.9. The minimum Gasteiger partial charge on any atom is -0.465 e. The normalized spacial score (nSPS) is 29.9. The maximum atomic E-state index is 14.5. The molecule has 1 aromatic heterocycles. The van der Waals surface area contributed by atoms with E-state index in [9.17, 15) is 19.5 Å². The second kappa shape index (κ2) is 10.8. The van der Waals surface area contributed by atoms with Crippen LogP contribution in [0.2, 0.25) is 0 Å². The first-order valence-electron chi connectivity index (χ1n) is 13.4. The van der Waals surface area contributed by atoms with E-state index in [0.29, 0.717) is 18.4 Å². The van der Waals surface area contributed by atoms with Crippen molar-refractivity contribution in [2.24, 2.45) is 17.8 Å². The minimum atomic E-state index is -0.858. The number of carbonyl (C=O) groups is 3. The number of aliphatic hydroxyl groups is 1. The van der Waals surface area contributed by atoms with Crippen LogP contribution < -0.4 is 0 Å². The van der Waals surface area contributed by atoms with Gasteiger partial charge in [-0.15, -0.1) is 30.0 Å². The molecule has 0 aliphatic carbocycles. The first kappa shape index (κ1) is 27.4. The summed E-state index contributed by atoms with van der Waals surface area (Å²) in [5.41, 5.74) is 1.50. The predicted octanol–water partition coefficient (Wildman–Crippen LogP) is 2.24. The third kappa shape index (κ3) is 4.26. The van der Waals surface area contributed by atoms with Crippen LogP contribution in [0, 0.1) is 17.8 Å². The highest BCUT2D eigenvalue weighted by Crippen LogP contribution is 2.69. The number of benzene rings is 1. The average molecular weight is 554 g/mol. The SMILES string of the molecule is C=CCCOC(=O)[C@@H]1[C@H]2C(=O)N([C@H](C)CO)C(C(=O)N(CC=C)Cn3nnc4ccccc43)C23S[C@@H]1CC3C. The predicted molar refractivity (Wildman–Crippen MR) is 147 cm³/mol. The van der Waals surface area contributed by atoms with Gasteiger partial charge in [-0.05, 0) is 37.8 Å². The number of hydrogen-bond acceptors (Lipinski definition) is 8. The fourth-order valence-corrected chi connectivity index (χ4v) is 9.03. The van der Waals surface area contributed by atoms with Gasteiger partial charge in [-0.25, -0.2) is 4.68 Å². The number of carbonyl (C=O) groups excluding carboxylic acids is 3. The Labute approximate surface area is 232 Å². The molecule has 2 bridgehead atoms. The average Bonchev–Trinajstić information content (AvgIpc) is 3.65. The molecular weight excluding hydrogens is 518 g/mol. The third-order valence-corrected chi connectivity index (χ3v) is 10.5. The summed E-state index contributed by atoms with van der Waals surface area (Å²) in [5, 5.41) is 18.5. The molecule has 7 atom stereocenters. The summed E-state index contributed by atoms with van der Waals surface area (Å²) in [7, 11) is 0. The molecule has 39 heavy (non-hydrogen) atoms. The molecule has 1 spiro atoms. The van der Waals surface area contributed by atoms with Crippen molar-refractivity contribution in [3.8, 4) is 0 Å². The number of esters is 1. The molecule has 208 valence electrons. The lowest BCUT2D eigenvalue weighted by atomic mass is 9.66. The molecule has 1 N–H and O–H groups in total. The minimum absolute atomic E-state index is 0.00120. The molecular formula is C28H35N5O5S. The number of ether oxygens (including phenoxy) is 1. The number of fused-ring (bicyclic) bond motifs is 2. The number of para-hydroxylation sites is 1. The molecule has 1 aromatic carbocycles. The molecule has 3 unspecified atom stereocenters. The molecule has 0 saturated carbocycles. The number of thioether (sulfide) groups is 1. The summed E-state index contributed by atoms with van der Waals surface area (Å²) in [6.07, 6.45) is 4.55. The Morgan fingerprint density at radius 1 is 1.33 bits per heavy atom. The first-order chi connectivity index (χ1) is 18.8. The van der Waals surface area contributed by atoms with Crippen molar-refractivity contribution >= 4 is 40.6 Å². The number of amides is 2. The molecule has 3 saturated heterocycles. The Kier molecular flexibility index (Phi) is 7.56. The van der Waals surface area contributed by atoms with E-state index in [1.807, 2.05) is 24.3 Å². The number of nitrogens with zero attached hydrogens (tertiary/aromatic N) is 5. The van der Waals surface area contributed by atoms with Gasteiger partial charge < -0.3 is 19.6 Å². The lowest BCUT2D eigenvalue weighted by Crippen LogP contribution is -2.59. The van der Waals surface area contributed by atoms with Crippen LogP contribution in [0.25, 0.3) is 11.0 Å². The molecule has 0 radical (unpaired) electrons. The summed E-state index contributed by atoms with van der Waals surface area (Å²) >= 11 is 1.58. The second-order valence-electron chi connectivity index (χ2n) is 10.6. The van der Waals surface area contributed by atoms with Gasteiger partial charge in [0.2, 0.25) is 11.8 Å². The van der Waals surface area contributed by atoms with Crippen LogP contribution in [0.4, 0.5) is 0 Å². The van der Waals surface area contributed by atoms with Gasteiger partial charge >= 0.3 is 5.97 Å². The van der Waals surface area contributed by atoms with E-state index in [1.165, 1.54) is 4.90 Å². The Hall–Kier alpha value is -3.18. The van der Waals surface area contributed by atoms with Crippen LogP contribution in [-0.2, 0) is 25.8 Å². The Bertz CT molecular complexity index is 1300. The number of aromatic nitrogens is 3. The van der Waals surface area contributed by atoms with E-state index in [0.717, 1.165) is 5.52 Å². The molecule has 10 nitrogen and oxygen atoms in total. The van der Waals surface area contributed by atoms with E-state index in [-0.39, 0.29) is 49.4 Å². The van der Waals surface area contributed by atoms with Gasteiger partial charge in [0.25, 0.3) is 0 Å². The lowest BCUT2D eigenvalue weighted by Gasteiger charge is -2.41. The number of rotatable bonds is 11. The van der Waals surface area contributed by atoms with E-state index in [1.54, 1.807) is 40.4 Å². The highest BCUT2D eigenvalue weighted by molar-refractivity contribution is 8.02. The quantitative estimate of drug-likeness (QED) is 0.256. The summed E-state index contributed by atoms with van der Waals surface area (Å²) in [6, 6.07) is 6.04. The van der Waals surface area contributed by atoms with Crippen LogP contribution in [0.15, 0.2) is 49.6 Å². The monoisotopic (exact) mass is 553 g/mol. The van der Waals surface area contributed by atoms with Crippen molar-refractivity contribution < 1.29 is 24.2 Å². The van der Waals surface area contributed by atoms with Gasteiger partial charge in [0, 0.05) is 11.8 Å². The van der Waals surface area contributed by atoms with Gasteiger partial charge in [0.15, 0.2) is 0 Å². The van der Waals surface area contributed by atoms with Gasteiger partial charge in [-0.1, -0.05) is 36.4 Å². The summed E-state index contributed by atoms with van der Waals surface area (Å²) < 4.78 is 6.40. The smallest absolute Gasteiger partial charge is 0.310 e. The van der Waals surface area contributed by atoms with Gasteiger partial charge in [-0.2, -0.15) is 0 Å². The fraction of sp³-hybridized carbons (Fsp3) is 0.536. The van der Waals surface area contributed by atoms with E-state index >= 15 is 0 Å². The molecule has 5 rings (SSSR count). The summed E-state index contributed by atoms with van der Waals surface area (Å²) in [4.78, 5) is 45.1.